The van der Waals surface area contributed by atoms with Crippen LogP contribution in [-0.2, 0) is 4.79 Å². The van der Waals surface area contributed by atoms with Gasteiger partial charge in [-0.25, -0.2) is 0 Å². The normalized spacial score (nSPS) is 28.5. The summed E-state index contributed by atoms with van der Waals surface area (Å²) >= 11 is 0. The summed E-state index contributed by atoms with van der Waals surface area (Å²) in [5, 5.41) is 11.9. The number of carbonyl (C=O) groups excluding carboxylic acids is 1. The number of carbonyl (C=O) groups is 1. The average Bonchev–Trinajstić information content (AvgIpc) is 2.21. The van der Waals surface area contributed by atoms with Gasteiger partial charge < -0.3 is 16.2 Å². The van der Waals surface area contributed by atoms with Crippen LogP contribution in [0.5, 0.6) is 0 Å². The van der Waals surface area contributed by atoms with Crippen molar-refractivity contribution in [2.24, 2.45) is 11.7 Å². The fourth-order valence-corrected chi connectivity index (χ4v) is 2.15. The highest BCUT2D eigenvalue weighted by Crippen LogP contribution is 2.26. The third-order valence-corrected chi connectivity index (χ3v) is 3.15. The Kier molecular flexibility index (Phi) is 5.05. The number of amides is 1. The van der Waals surface area contributed by atoms with E-state index in [2.05, 4.69) is 5.32 Å². The van der Waals surface area contributed by atoms with Gasteiger partial charge in [-0.05, 0) is 51.5 Å². The largest absolute Gasteiger partial charge is 0.384 e. The first-order valence-corrected chi connectivity index (χ1v) is 5.82. The van der Waals surface area contributed by atoms with Crippen LogP contribution in [0.25, 0.3) is 0 Å². The van der Waals surface area contributed by atoms with Gasteiger partial charge in [0, 0.05) is 6.04 Å². The standard InChI is InChI=1S/C11H22N2O2/c1-8(14)11(15)13-10-4-2-9(3-5-10)6-7-12/h8-10,14H,2-7,12H2,1H3,(H,13,15)/t8-,9-,10-/m1/s1. The molecular weight excluding hydrogens is 192 g/mol. The van der Waals surface area contributed by atoms with Crippen molar-refractivity contribution in [1.29, 1.82) is 0 Å². The third kappa shape index (κ3) is 4.18. The maximum atomic E-state index is 11.2. The Labute approximate surface area is 91.2 Å². The molecule has 1 saturated carbocycles. The van der Waals surface area contributed by atoms with E-state index in [1.165, 1.54) is 6.92 Å². The SMILES string of the molecule is C[C@@H](O)C(=O)N[C@H]1CC[C@H](CCN)CC1. The Bertz CT molecular complexity index is 199. The van der Waals surface area contributed by atoms with Crippen molar-refractivity contribution in [1.82, 2.24) is 5.32 Å². The number of nitrogens with two attached hydrogens (primary N) is 1. The summed E-state index contributed by atoms with van der Waals surface area (Å²) < 4.78 is 0. The van der Waals surface area contributed by atoms with Crippen LogP contribution in [0.3, 0.4) is 0 Å². The molecule has 4 heteroatoms. The van der Waals surface area contributed by atoms with Gasteiger partial charge in [-0.2, -0.15) is 0 Å². The van der Waals surface area contributed by atoms with Gasteiger partial charge >= 0.3 is 0 Å². The molecule has 0 radical (unpaired) electrons. The molecule has 4 N–H and O–H groups in total. The molecular formula is C11H22N2O2. The quantitative estimate of drug-likeness (QED) is 0.633. The summed E-state index contributed by atoms with van der Waals surface area (Å²) in [7, 11) is 0. The molecule has 1 rings (SSSR count). The molecule has 0 spiro atoms. The smallest absolute Gasteiger partial charge is 0.248 e. The van der Waals surface area contributed by atoms with E-state index in [1.807, 2.05) is 0 Å². The van der Waals surface area contributed by atoms with Crippen LogP contribution in [0.4, 0.5) is 0 Å². The fourth-order valence-electron chi connectivity index (χ4n) is 2.15. The number of hydrogen-bond donors (Lipinski definition) is 3. The second kappa shape index (κ2) is 6.08. The minimum absolute atomic E-state index is 0.251. The summed E-state index contributed by atoms with van der Waals surface area (Å²) in [4.78, 5) is 11.2. The van der Waals surface area contributed by atoms with Gasteiger partial charge in [0.15, 0.2) is 0 Å². The van der Waals surface area contributed by atoms with E-state index in [0.29, 0.717) is 0 Å². The second-order valence-corrected chi connectivity index (χ2v) is 4.48. The topological polar surface area (TPSA) is 75.3 Å². The fraction of sp³-hybridized carbons (Fsp3) is 0.909. The van der Waals surface area contributed by atoms with Crippen LogP contribution in [0.15, 0.2) is 0 Å². The van der Waals surface area contributed by atoms with E-state index >= 15 is 0 Å². The minimum Gasteiger partial charge on any atom is -0.384 e. The summed E-state index contributed by atoms with van der Waals surface area (Å²) in [6.07, 6.45) is 4.51. The maximum Gasteiger partial charge on any atom is 0.248 e. The Balaban J connectivity index is 2.22. The molecule has 4 nitrogen and oxygen atoms in total. The van der Waals surface area contributed by atoms with Crippen molar-refractivity contribution >= 4 is 5.91 Å². The highest BCUT2D eigenvalue weighted by Gasteiger charge is 2.22. The van der Waals surface area contributed by atoms with E-state index in [0.717, 1.165) is 44.6 Å². The molecule has 0 unspecified atom stereocenters. The van der Waals surface area contributed by atoms with Crippen molar-refractivity contribution in [3.63, 3.8) is 0 Å². The summed E-state index contributed by atoms with van der Waals surface area (Å²) in [5.41, 5.74) is 5.51. The summed E-state index contributed by atoms with van der Waals surface area (Å²) in [5.74, 6) is 0.479. The molecule has 0 aliphatic heterocycles. The van der Waals surface area contributed by atoms with Gasteiger partial charge in [0.1, 0.15) is 6.10 Å². The molecule has 0 aromatic heterocycles. The van der Waals surface area contributed by atoms with Crippen molar-refractivity contribution in [2.75, 3.05) is 6.54 Å². The van der Waals surface area contributed by atoms with Gasteiger partial charge in [0.05, 0.1) is 0 Å². The lowest BCUT2D eigenvalue weighted by Crippen LogP contribution is -2.42. The maximum absolute atomic E-state index is 11.2. The zero-order valence-electron chi connectivity index (χ0n) is 9.41. The van der Waals surface area contributed by atoms with Crippen LogP contribution in [0, 0.1) is 5.92 Å². The van der Waals surface area contributed by atoms with Crippen LogP contribution >= 0.6 is 0 Å². The minimum atomic E-state index is -0.897. The van der Waals surface area contributed by atoms with Crippen molar-refractivity contribution < 1.29 is 9.90 Å². The molecule has 0 saturated heterocycles. The van der Waals surface area contributed by atoms with Crippen molar-refractivity contribution in [2.45, 2.75) is 51.2 Å². The van der Waals surface area contributed by atoms with E-state index in [4.69, 9.17) is 10.8 Å². The second-order valence-electron chi connectivity index (χ2n) is 4.48. The number of hydrogen-bond acceptors (Lipinski definition) is 3. The first-order valence-electron chi connectivity index (χ1n) is 5.82. The van der Waals surface area contributed by atoms with Crippen molar-refractivity contribution in [3.05, 3.63) is 0 Å². The predicted molar refractivity (Wildman–Crippen MR) is 59.2 cm³/mol. The van der Waals surface area contributed by atoms with E-state index in [-0.39, 0.29) is 11.9 Å². The van der Waals surface area contributed by atoms with E-state index in [1.54, 1.807) is 0 Å². The monoisotopic (exact) mass is 214 g/mol. The number of aliphatic hydroxyl groups excluding tert-OH is 1. The molecule has 1 amide bonds. The lowest BCUT2D eigenvalue weighted by Gasteiger charge is -2.29. The van der Waals surface area contributed by atoms with Crippen LogP contribution in [0.1, 0.15) is 39.0 Å². The molecule has 88 valence electrons. The number of rotatable bonds is 4. The highest BCUT2D eigenvalue weighted by atomic mass is 16.3. The van der Waals surface area contributed by atoms with Crippen molar-refractivity contribution in [3.8, 4) is 0 Å². The van der Waals surface area contributed by atoms with Gasteiger partial charge in [-0.3, -0.25) is 4.79 Å². The third-order valence-electron chi connectivity index (χ3n) is 3.15. The Morgan fingerprint density at radius 1 is 1.47 bits per heavy atom. The molecule has 1 aliphatic carbocycles. The highest BCUT2D eigenvalue weighted by molar-refractivity contribution is 5.80. The first-order chi connectivity index (χ1) is 7.13. The first kappa shape index (κ1) is 12.5. The van der Waals surface area contributed by atoms with Gasteiger partial charge in [0.2, 0.25) is 5.91 Å². The summed E-state index contributed by atoms with van der Waals surface area (Å²) in [6, 6.07) is 0.251. The molecule has 0 heterocycles. The zero-order chi connectivity index (χ0) is 11.3. The van der Waals surface area contributed by atoms with Gasteiger partial charge in [0.25, 0.3) is 0 Å². The lowest BCUT2D eigenvalue weighted by atomic mass is 9.84. The molecule has 0 aromatic carbocycles. The van der Waals surface area contributed by atoms with Crippen LogP contribution in [0.2, 0.25) is 0 Å². The van der Waals surface area contributed by atoms with E-state index in [9.17, 15) is 4.79 Å². The summed E-state index contributed by atoms with van der Waals surface area (Å²) in [6.45, 7) is 2.25. The van der Waals surface area contributed by atoms with Crippen LogP contribution in [-0.4, -0.2) is 29.7 Å². The average molecular weight is 214 g/mol. The molecule has 1 fully saturated rings. The predicted octanol–water partition coefficient (Wildman–Crippen LogP) is 0.391. The van der Waals surface area contributed by atoms with Gasteiger partial charge in [-0.1, -0.05) is 0 Å². The molecule has 0 aromatic rings. The Hall–Kier alpha value is -0.610. The number of aliphatic hydroxyl groups is 1. The molecule has 15 heavy (non-hydrogen) atoms. The lowest BCUT2D eigenvalue weighted by molar-refractivity contribution is -0.129. The number of nitrogens with one attached hydrogen (secondary N) is 1. The molecule has 1 aliphatic rings. The zero-order valence-corrected chi connectivity index (χ0v) is 9.41. The molecule has 0 bridgehead atoms. The molecule has 1 atom stereocenters. The van der Waals surface area contributed by atoms with Crippen LogP contribution < -0.4 is 11.1 Å². The Morgan fingerprint density at radius 3 is 2.53 bits per heavy atom. The van der Waals surface area contributed by atoms with E-state index < -0.39 is 6.10 Å². The Morgan fingerprint density at radius 2 is 2.07 bits per heavy atom. The van der Waals surface area contributed by atoms with Gasteiger partial charge in [-0.15, -0.1) is 0 Å².